The summed E-state index contributed by atoms with van der Waals surface area (Å²) in [6.07, 6.45) is 1.92. The van der Waals surface area contributed by atoms with Gasteiger partial charge < -0.3 is 15.0 Å². The van der Waals surface area contributed by atoms with Crippen LogP contribution in [0.3, 0.4) is 0 Å². The third-order valence-corrected chi connectivity index (χ3v) is 5.14. The van der Waals surface area contributed by atoms with Crippen LogP contribution in [0, 0.1) is 6.92 Å². The molecular formula is C23H29BrN2O3. The number of aryl methyl sites for hydroxylation is 1. The summed E-state index contributed by atoms with van der Waals surface area (Å²) >= 11 is 3.38. The molecule has 0 saturated heterocycles. The Kier molecular flexibility index (Phi) is 9.19. The SMILES string of the molecule is CCCCNC(=O)[C@H](C)N(Cc1cccc(C)c1)C(=O)COc1ccc(Br)cc1. The van der Waals surface area contributed by atoms with E-state index in [0.29, 0.717) is 18.8 Å². The van der Waals surface area contributed by atoms with Gasteiger partial charge in [0.15, 0.2) is 6.61 Å². The van der Waals surface area contributed by atoms with Gasteiger partial charge >= 0.3 is 0 Å². The van der Waals surface area contributed by atoms with Gasteiger partial charge in [0.25, 0.3) is 5.91 Å². The molecule has 6 heteroatoms. The summed E-state index contributed by atoms with van der Waals surface area (Å²) in [5, 5.41) is 2.92. The van der Waals surface area contributed by atoms with E-state index in [1.54, 1.807) is 24.0 Å². The molecule has 0 bridgehead atoms. The van der Waals surface area contributed by atoms with Crippen molar-refractivity contribution in [3.63, 3.8) is 0 Å². The lowest BCUT2D eigenvalue weighted by Crippen LogP contribution is -2.49. The molecule has 2 aromatic carbocycles. The highest BCUT2D eigenvalue weighted by Gasteiger charge is 2.26. The van der Waals surface area contributed by atoms with E-state index < -0.39 is 6.04 Å². The molecule has 0 aliphatic heterocycles. The monoisotopic (exact) mass is 460 g/mol. The number of ether oxygens (including phenoxy) is 1. The van der Waals surface area contributed by atoms with Gasteiger partial charge in [0.2, 0.25) is 5.91 Å². The Hall–Kier alpha value is -2.34. The van der Waals surface area contributed by atoms with E-state index in [1.165, 1.54) is 0 Å². The van der Waals surface area contributed by atoms with E-state index in [-0.39, 0.29) is 18.4 Å². The van der Waals surface area contributed by atoms with Crippen LogP contribution in [0.4, 0.5) is 0 Å². The van der Waals surface area contributed by atoms with Crippen molar-refractivity contribution in [2.75, 3.05) is 13.2 Å². The Morgan fingerprint density at radius 2 is 1.90 bits per heavy atom. The summed E-state index contributed by atoms with van der Waals surface area (Å²) in [6.45, 7) is 6.68. The summed E-state index contributed by atoms with van der Waals surface area (Å²) in [6, 6.07) is 14.7. The number of halogens is 1. The molecule has 2 aromatic rings. The molecule has 0 aliphatic carbocycles. The van der Waals surface area contributed by atoms with Crippen LogP contribution in [0.5, 0.6) is 5.75 Å². The van der Waals surface area contributed by atoms with Crippen molar-refractivity contribution in [2.24, 2.45) is 0 Å². The van der Waals surface area contributed by atoms with Crippen molar-refractivity contribution in [3.8, 4) is 5.75 Å². The van der Waals surface area contributed by atoms with Gasteiger partial charge in [-0.15, -0.1) is 0 Å². The van der Waals surface area contributed by atoms with Gasteiger partial charge in [0.1, 0.15) is 11.8 Å². The number of carbonyl (C=O) groups is 2. The van der Waals surface area contributed by atoms with Crippen LogP contribution in [-0.2, 0) is 16.1 Å². The lowest BCUT2D eigenvalue weighted by atomic mass is 10.1. The Labute approximate surface area is 181 Å². The fourth-order valence-corrected chi connectivity index (χ4v) is 3.15. The number of unbranched alkanes of at least 4 members (excludes halogenated alkanes) is 1. The molecule has 2 rings (SSSR count). The minimum atomic E-state index is -0.589. The average molecular weight is 461 g/mol. The molecule has 1 atom stereocenters. The van der Waals surface area contributed by atoms with Crippen LogP contribution < -0.4 is 10.1 Å². The zero-order valence-corrected chi connectivity index (χ0v) is 18.9. The van der Waals surface area contributed by atoms with E-state index >= 15 is 0 Å². The number of nitrogens with one attached hydrogen (secondary N) is 1. The highest BCUT2D eigenvalue weighted by molar-refractivity contribution is 9.10. The smallest absolute Gasteiger partial charge is 0.261 e. The molecule has 5 nitrogen and oxygen atoms in total. The number of hydrogen-bond acceptors (Lipinski definition) is 3. The quantitative estimate of drug-likeness (QED) is 0.532. The summed E-state index contributed by atoms with van der Waals surface area (Å²) in [5.41, 5.74) is 2.09. The molecule has 0 heterocycles. The molecule has 29 heavy (non-hydrogen) atoms. The number of nitrogens with zero attached hydrogens (tertiary/aromatic N) is 1. The molecule has 2 amide bonds. The van der Waals surface area contributed by atoms with Crippen molar-refractivity contribution >= 4 is 27.7 Å². The number of hydrogen-bond donors (Lipinski definition) is 1. The largest absolute Gasteiger partial charge is 0.484 e. The van der Waals surface area contributed by atoms with Crippen molar-refractivity contribution in [2.45, 2.75) is 46.2 Å². The Bertz CT molecular complexity index is 808. The molecule has 0 saturated carbocycles. The standard InChI is InChI=1S/C23H29BrN2O3/c1-4-5-13-25-23(28)18(3)26(15-19-8-6-7-17(2)14-19)22(27)16-29-21-11-9-20(24)10-12-21/h6-12,14,18H,4-5,13,15-16H2,1-3H3,(H,25,28)/t18-/m0/s1. The predicted molar refractivity (Wildman–Crippen MR) is 119 cm³/mol. The third kappa shape index (κ3) is 7.54. The number of benzene rings is 2. The van der Waals surface area contributed by atoms with Gasteiger partial charge in [-0.1, -0.05) is 59.1 Å². The lowest BCUT2D eigenvalue weighted by molar-refractivity contribution is -0.142. The van der Waals surface area contributed by atoms with Crippen molar-refractivity contribution in [3.05, 3.63) is 64.1 Å². The summed E-state index contributed by atoms with van der Waals surface area (Å²) < 4.78 is 6.59. The highest BCUT2D eigenvalue weighted by Crippen LogP contribution is 2.17. The van der Waals surface area contributed by atoms with Gasteiger partial charge in [-0.05, 0) is 50.1 Å². The van der Waals surface area contributed by atoms with Gasteiger partial charge in [-0.25, -0.2) is 0 Å². The Balaban J connectivity index is 2.10. The molecular weight excluding hydrogens is 432 g/mol. The molecule has 0 fully saturated rings. The predicted octanol–water partition coefficient (Wildman–Crippen LogP) is 4.47. The first-order chi connectivity index (χ1) is 13.9. The fourth-order valence-electron chi connectivity index (χ4n) is 2.88. The van der Waals surface area contributed by atoms with Crippen LogP contribution in [0.25, 0.3) is 0 Å². The van der Waals surface area contributed by atoms with Gasteiger partial charge in [0, 0.05) is 17.6 Å². The maximum atomic E-state index is 13.0. The molecule has 0 aliphatic rings. The van der Waals surface area contributed by atoms with E-state index in [9.17, 15) is 9.59 Å². The first-order valence-corrected chi connectivity index (χ1v) is 10.7. The second-order valence-electron chi connectivity index (χ2n) is 7.07. The van der Waals surface area contributed by atoms with Gasteiger partial charge in [-0.2, -0.15) is 0 Å². The molecule has 0 unspecified atom stereocenters. The topological polar surface area (TPSA) is 58.6 Å². The first-order valence-electron chi connectivity index (χ1n) is 9.91. The number of rotatable bonds is 10. The second kappa shape index (κ2) is 11.6. The molecule has 156 valence electrons. The Morgan fingerprint density at radius 3 is 2.55 bits per heavy atom. The molecule has 0 spiro atoms. The minimum absolute atomic E-state index is 0.125. The number of amides is 2. The molecule has 0 radical (unpaired) electrons. The summed E-state index contributed by atoms with van der Waals surface area (Å²) in [4.78, 5) is 27.1. The lowest BCUT2D eigenvalue weighted by Gasteiger charge is -2.29. The average Bonchev–Trinajstić information content (AvgIpc) is 2.71. The minimum Gasteiger partial charge on any atom is -0.484 e. The van der Waals surface area contributed by atoms with Crippen LogP contribution in [-0.4, -0.2) is 35.9 Å². The normalized spacial score (nSPS) is 11.6. The van der Waals surface area contributed by atoms with Crippen molar-refractivity contribution < 1.29 is 14.3 Å². The van der Waals surface area contributed by atoms with E-state index in [0.717, 1.165) is 28.4 Å². The molecule has 1 N–H and O–H groups in total. The first kappa shape index (κ1) is 22.9. The molecule has 0 aromatic heterocycles. The van der Waals surface area contributed by atoms with Crippen molar-refractivity contribution in [1.82, 2.24) is 10.2 Å². The van der Waals surface area contributed by atoms with E-state index in [2.05, 4.69) is 28.2 Å². The van der Waals surface area contributed by atoms with Crippen molar-refractivity contribution in [1.29, 1.82) is 0 Å². The number of carbonyl (C=O) groups excluding carboxylic acids is 2. The fraction of sp³-hybridized carbons (Fsp3) is 0.391. The van der Waals surface area contributed by atoms with Gasteiger partial charge in [-0.3, -0.25) is 9.59 Å². The Morgan fingerprint density at radius 1 is 1.17 bits per heavy atom. The summed E-state index contributed by atoms with van der Waals surface area (Å²) in [5.74, 6) is 0.229. The highest BCUT2D eigenvalue weighted by atomic mass is 79.9. The van der Waals surface area contributed by atoms with Crippen LogP contribution in [0.1, 0.15) is 37.8 Å². The maximum absolute atomic E-state index is 13.0. The van der Waals surface area contributed by atoms with Crippen LogP contribution >= 0.6 is 15.9 Å². The van der Waals surface area contributed by atoms with Crippen LogP contribution in [0.2, 0.25) is 0 Å². The van der Waals surface area contributed by atoms with E-state index in [1.807, 2.05) is 43.3 Å². The van der Waals surface area contributed by atoms with E-state index in [4.69, 9.17) is 4.74 Å². The third-order valence-electron chi connectivity index (χ3n) is 4.61. The maximum Gasteiger partial charge on any atom is 0.261 e. The van der Waals surface area contributed by atoms with Crippen LogP contribution in [0.15, 0.2) is 53.0 Å². The summed E-state index contributed by atoms with van der Waals surface area (Å²) in [7, 11) is 0. The zero-order chi connectivity index (χ0) is 21.2. The van der Waals surface area contributed by atoms with Gasteiger partial charge in [0.05, 0.1) is 0 Å². The second-order valence-corrected chi connectivity index (χ2v) is 7.99. The zero-order valence-electron chi connectivity index (χ0n) is 17.3.